The Hall–Kier alpha value is -1.53. The number of amides is 1. The minimum absolute atomic E-state index is 0.115. The molecule has 0 aliphatic carbocycles. The Morgan fingerprint density at radius 2 is 2.00 bits per heavy atom. The molecule has 0 spiro atoms. The molecule has 118 valence electrons. The van der Waals surface area contributed by atoms with E-state index in [0.717, 1.165) is 5.56 Å². The SMILES string of the molecule is COC(=O)[C@@H]1N2C(=O)[C@H](OCc3ccccc3)[C@H]2SC1(C)C. The van der Waals surface area contributed by atoms with Crippen LogP contribution in [-0.4, -0.2) is 46.2 Å². The van der Waals surface area contributed by atoms with E-state index in [1.807, 2.05) is 44.2 Å². The van der Waals surface area contributed by atoms with Crippen LogP contribution >= 0.6 is 11.8 Å². The molecular formula is C16H19NO4S. The molecule has 3 atom stereocenters. The van der Waals surface area contributed by atoms with E-state index >= 15 is 0 Å². The highest BCUT2D eigenvalue weighted by Gasteiger charge is 2.64. The van der Waals surface area contributed by atoms with Gasteiger partial charge in [0.2, 0.25) is 0 Å². The Morgan fingerprint density at radius 1 is 1.32 bits per heavy atom. The fourth-order valence-electron chi connectivity index (χ4n) is 2.98. The summed E-state index contributed by atoms with van der Waals surface area (Å²) in [5, 5.41) is -0.115. The Morgan fingerprint density at radius 3 is 2.64 bits per heavy atom. The molecule has 0 aromatic heterocycles. The molecule has 0 N–H and O–H groups in total. The van der Waals surface area contributed by atoms with Gasteiger partial charge in [0.25, 0.3) is 5.91 Å². The van der Waals surface area contributed by atoms with Gasteiger partial charge in [-0.1, -0.05) is 30.3 Å². The van der Waals surface area contributed by atoms with Crippen LogP contribution < -0.4 is 0 Å². The molecule has 0 radical (unpaired) electrons. The number of fused-ring (bicyclic) bond motifs is 1. The third-order valence-electron chi connectivity index (χ3n) is 4.09. The molecular weight excluding hydrogens is 302 g/mol. The van der Waals surface area contributed by atoms with Crippen LogP contribution in [0.1, 0.15) is 19.4 Å². The average Bonchev–Trinajstić information content (AvgIpc) is 2.76. The molecule has 5 nitrogen and oxygen atoms in total. The normalized spacial score (nSPS) is 29.0. The van der Waals surface area contributed by atoms with Crippen LogP contribution in [0.2, 0.25) is 0 Å². The second-order valence-electron chi connectivity index (χ2n) is 6.00. The molecule has 2 aliphatic rings. The van der Waals surface area contributed by atoms with E-state index in [9.17, 15) is 9.59 Å². The van der Waals surface area contributed by atoms with Crippen LogP contribution in [0, 0.1) is 0 Å². The predicted octanol–water partition coefficient (Wildman–Crippen LogP) is 1.81. The number of rotatable bonds is 4. The molecule has 0 bridgehead atoms. The van der Waals surface area contributed by atoms with E-state index in [2.05, 4.69) is 0 Å². The van der Waals surface area contributed by atoms with Crippen LogP contribution in [-0.2, 0) is 25.7 Å². The third kappa shape index (κ3) is 2.40. The molecule has 0 unspecified atom stereocenters. The number of nitrogens with zero attached hydrogens (tertiary/aromatic N) is 1. The lowest BCUT2D eigenvalue weighted by Gasteiger charge is -2.43. The van der Waals surface area contributed by atoms with Crippen molar-refractivity contribution in [1.29, 1.82) is 0 Å². The predicted molar refractivity (Wildman–Crippen MR) is 83.1 cm³/mol. The van der Waals surface area contributed by atoms with Gasteiger partial charge >= 0.3 is 5.97 Å². The molecule has 2 fully saturated rings. The Kier molecular flexibility index (Phi) is 3.91. The van der Waals surface area contributed by atoms with Gasteiger partial charge in [-0.25, -0.2) is 4.79 Å². The fourth-order valence-corrected chi connectivity index (χ4v) is 4.60. The van der Waals surface area contributed by atoms with Crippen molar-refractivity contribution in [2.45, 2.75) is 42.7 Å². The molecule has 2 heterocycles. The Balaban J connectivity index is 1.69. The molecule has 0 saturated carbocycles. The van der Waals surface area contributed by atoms with Crippen LogP contribution in [0.3, 0.4) is 0 Å². The van der Waals surface area contributed by atoms with Gasteiger partial charge in [0.05, 0.1) is 13.7 Å². The number of β-lactam (4-membered cyclic amide) rings is 1. The molecule has 2 aliphatic heterocycles. The molecule has 2 saturated heterocycles. The number of hydrogen-bond donors (Lipinski definition) is 0. The first-order valence-electron chi connectivity index (χ1n) is 7.19. The summed E-state index contributed by atoms with van der Waals surface area (Å²) >= 11 is 1.60. The van der Waals surface area contributed by atoms with Crippen LogP contribution in [0.5, 0.6) is 0 Å². The maximum absolute atomic E-state index is 12.4. The number of carbonyl (C=O) groups is 2. The Labute approximate surface area is 134 Å². The number of esters is 1. The first kappa shape index (κ1) is 15.4. The van der Waals surface area contributed by atoms with Gasteiger partial charge < -0.3 is 14.4 Å². The van der Waals surface area contributed by atoms with Crippen LogP contribution in [0.4, 0.5) is 0 Å². The number of ether oxygens (including phenoxy) is 2. The second kappa shape index (κ2) is 5.59. The van der Waals surface area contributed by atoms with Gasteiger partial charge in [-0.2, -0.15) is 0 Å². The van der Waals surface area contributed by atoms with Crippen LogP contribution in [0.25, 0.3) is 0 Å². The van der Waals surface area contributed by atoms with Gasteiger partial charge in [0.1, 0.15) is 11.4 Å². The summed E-state index contributed by atoms with van der Waals surface area (Å²) in [5.41, 5.74) is 1.03. The highest BCUT2D eigenvalue weighted by Crippen LogP contribution is 2.51. The van der Waals surface area contributed by atoms with Gasteiger partial charge in [-0.05, 0) is 19.4 Å². The van der Waals surface area contributed by atoms with Crippen molar-refractivity contribution in [3.05, 3.63) is 35.9 Å². The maximum Gasteiger partial charge on any atom is 0.330 e. The summed E-state index contributed by atoms with van der Waals surface area (Å²) in [6.07, 6.45) is -0.487. The number of carbonyl (C=O) groups excluding carboxylic acids is 2. The van der Waals surface area contributed by atoms with Crippen LogP contribution in [0.15, 0.2) is 30.3 Å². The first-order valence-corrected chi connectivity index (χ1v) is 8.07. The zero-order chi connectivity index (χ0) is 15.9. The summed E-state index contributed by atoms with van der Waals surface area (Å²) in [5.74, 6) is -0.496. The van der Waals surface area contributed by atoms with Crippen molar-refractivity contribution in [2.24, 2.45) is 0 Å². The van der Waals surface area contributed by atoms with E-state index in [4.69, 9.17) is 9.47 Å². The zero-order valence-electron chi connectivity index (χ0n) is 12.8. The molecule has 1 aromatic carbocycles. The monoisotopic (exact) mass is 321 g/mol. The molecule has 6 heteroatoms. The average molecular weight is 321 g/mol. The zero-order valence-corrected chi connectivity index (χ0v) is 13.6. The van der Waals surface area contributed by atoms with E-state index in [1.54, 1.807) is 16.7 Å². The Bertz CT molecular complexity index is 589. The quantitative estimate of drug-likeness (QED) is 0.625. The van der Waals surface area contributed by atoms with Crippen molar-refractivity contribution >= 4 is 23.6 Å². The number of hydrogen-bond acceptors (Lipinski definition) is 5. The summed E-state index contributed by atoms with van der Waals surface area (Å²) in [6, 6.07) is 9.20. The lowest BCUT2D eigenvalue weighted by molar-refractivity contribution is -0.177. The summed E-state index contributed by atoms with van der Waals surface area (Å²) < 4.78 is 10.3. The molecule has 3 rings (SSSR count). The van der Waals surface area contributed by atoms with Crippen molar-refractivity contribution in [1.82, 2.24) is 4.90 Å². The van der Waals surface area contributed by atoms with Crippen molar-refractivity contribution in [3.8, 4) is 0 Å². The topological polar surface area (TPSA) is 55.8 Å². The van der Waals surface area contributed by atoms with E-state index in [0.29, 0.717) is 6.61 Å². The summed E-state index contributed by atoms with van der Waals surface area (Å²) in [6.45, 7) is 4.31. The minimum atomic E-state index is -0.545. The minimum Gasteiger partial charge on any atom is -0.467 e. The summed E-state index contributed by atoms with van der Waals surface area (Å²) in [4.78, 5) is 25.9. The highest BCUT2D eigenvalue weighted by molar-refractivity contribution is 8.01. The maximum atomic E-state index is 12.4. The fraction of sp³-hybridized carbons (Fsp3) is 0.500. The standard InChI is InChI=1S/C16H19NO4S/c1-16(2)12(15(19)20-3)17-13(18)11(14(17)22-16)21-9-10-7-5-4-6-8-10/h4-8,11-12,14H,9H2,1-3H3/t11-,12-,14+/m0/s1. The smallest absolute Gasteiger partial charge is 0.330 e. The van der Waals surface area contributed by atoms with Crippen molar-refractivity contribution in [3.63, 3.8) is 0 Å². The second-order valence-corrected chi connectivity index (χ2v) is 7.77. The van der Waals surface area contributed by atoms with Gasteiger partial charge in [-0.3, -0.25) is 4.79 Å². The molecule has 22 heavy (non-hydrogen) atoms. The number of thioether (sulfide) groups is 1. The summed E-state index contributed by atoms with van der Waals surface area (Å²) in [7, 11) is 1.35. The lowest BCUT2D eigenvalue weighted by atomic mass is 9.97. The van der Waals surface area contributed by atoms with Gasteiger partial charge in [0, 0.05) is 4.75 Å². The molecule has 1 amide bonds. The van der Waals surface area contributed by atoms with Gasteiger partial charge in [0.15, 0.2) is 6.10 Å². The number of methoxy groups -OCH3 is 1. The first-order chi connectivity index (χ1) is 10.5. The van der Waals surface area contributed by atoms with E-state index in [1.165, 1.54) is 7.11 Å². The lowest BCUT2D eigenvalue weighted by Crippen LogP contribution is -2.66. The van der Waals surface area contributed by atoms with Crippen molar-refractivity contribution < 1.29 is 19.1 Å². The highest BCUT2D eigenvalue weighted by atomic mass is 32.2. The van der Waals surface area contributed by atoms with E-state index in [-0.39, 0.29) is 22.0 Å². The third-order valence-corrected chi connectivity index (χ3v) is 5.64. The largest absolute Gasteiger partial charge is 0.467 e. The number of benzene rings is 1. The van der Waals surface area contributed by atoms with E-state index < -0.39 is 12.1 Å². The van der Waals surface area contributed by atoms with Gasteiger partial charge in [-0.15, -0.1) is 11.8 Å². The van der Waals surface area contributed by atoms with Crippen molar-refractivity contribution in [2.75, 3.05) is 7.11 Å². The molecule has 1 aromatic rings.